The molecule has 1 saturated heterocycles. The van der Waals surface area contributed by atoms with Crippen molar-refractivity contribution in [2.75, 3.05) is 19.7 Å². The van der Waals surface area contributed by atoms with Crippen LogP contribution in [0.3, 0.4) is 0 Å². The highest BCUT2D eigenvalue weighted by Crippen LogP contribution is 2.43. The van der Waals surface area contributed by atoms with E-state index in [-0.39, 0.29) is 11.9 Å². The third-order valence-corrected chi connectivity index (χ3v) is 5.45. The molecule has 116 valence electrons. The highest BCUT2D eigenvalue weighted by molar-refractivity contribution is 5.73. The van der Waals surface area contributed by atoms with Gasteiger partial charge in [0.1, 0.15) is 0 Å². The molecule has 1 N–H and O–H groups in total. The van der Waals surface area contributed by atoms with Gasteiger partial charge in [0.2, 0.25) is 0 Å². The fourth-order valence-electron chi connectivity index (χ4n) is 4.12. The lowest BCUT2D eigenvalue weighted by Gasteiger charge is -2.39. The third kappa shape index (κ3) is 3.55. The van der Waals surface area contributed by atoms with Gasteiger partial charge in [0, 0.05) is 6.54 Å². The topological polar surface area (TPSA) is 38.3 Å². The number of carbonyl (C=O) groups is 1. The van der Waals surface area contributed by atoms with Gasteiger partial charge in [-0.05, 0) is 62.3 Å². The van der Waals surface area contributed by atoms with Gasteiger partial charge in [-0.1, -0.05) is 20.8 Å². The highest BCUT2D eigenvalue weighted by atomic mass is 16.5. The van der Waals surface area contributed by atoms with E-state index in [9.17, 15) is 4.79 Å². The van der Waals surface area contributed by atoms with Gasteiger partial charge in [-0.25, -0.2) is 0 Å². The molecule has 2 rings (SSSR count). The summed E-state index contributed by atoms with van der Waals surface area (Å²) in [7, 11) is 0. The summed E-state index contributed by atoms with van der Waals surface area (Å²) >= 11 is 0. The Kier molecular flexibility index (Phi) is 5.11. The minimum absolute atomic E-state index is 0.0143. The van der Waals surface area contributed by atoms with E-state index in [0.29, 0.717) is 23.9 Å². The Morgan fingerprint density at radius 1 is 1.15 bits per heavy atom. The van der Waals surface area contributed by atoms with Crippen LogP contribution in [0.25, 0.3) is 0 Å². The van der Waals surface area contributed by atoms with Crippen LogP contribution in [0, 0.1) is 29.1 Å². The summed E-state index contributed by atoms with van der Waals surface area (Å²) in [6.45, 7) is 11.3. The number of ether oxygens (including phenoxy) is 1. The molecule has 2 unspecified atom stereocenters. The molecule has 1 saturated carbocycles. The fourth-order valence-corrected chi connectivity index (χ4v) is 4.12. The molecule has 2 fully saturated rings. The summed E-state index contributed by atoms with van der Waals surface area (Å²) in [5.74, 6) is 2.15. The summed E-state index contributed by atoms with van der Waals surface area (Å²) in [5, 5.41) is 3.40. The van der Waals surface area contributed by atoms with Crippen molar-refractivity contribution >= 4 is 5.97 Å². The first kappa shape index (κ1) is 15.8. The minimum atomic E-state index is 0.0143. The molecule has 0 aromatic heterocycles. The van der Waals surface area contributed by atoms with Crippen LogP contribution in [0.15, 0.2) is 0 Å². The quantitative estimate of drug-likeness (QED) is 0.807. The first-order valence-electron chi connectivity index (χ1n) is 8.30. The molecule has 2 aliphatic rings. The summed E-state index contributed by atoms with van der Waals surface area (Å²) in [6, 6.07) is 0. The lowest BCUT2D eigenvalue weighted by molar-refractivity contribution is -0.149. The molecule has 3 nitrogen and oxygen atoms in total. The van der Waals surface area contributed by atoms with Gasteiger partial charge in [0.25, 0.3) is 0 Å². The molecule has 0 bridgehead atoms. The van der Waals surface area contributed by atoms with E-state index in [1.54, 1.807) is 0 Å². The number of hydrogen-bond donors (Lipinski definition) is 1. The molecule has 0 spiro atoms. The predicted octanol–water partition coefficient (Wildman–Crippen LogP) is 3.24. The molecule has 1 heterocycles. The summed E-state index contributed by atoms with van der Waals surface area (Å²) in [4.78, 5) is 12.1. The molecular weight excluding hydrogens is 250 g/mol. The van der Waals surface area contributed by atoms with Gasteiger partial charge in [-0.15, -0.1) is 0 Å². The number of nitrogens with one attached hydrogen (secondary N) is 1. The lowest BCUT2D eigenvalue weighted by atomic mass is 9.66. The normalized spacial score (nSPS) is 35.0. The van der Waals surface area contributed by atoms with Crippen molar-refractivity contribution in [2.45, 2.75) is 53.4 Å². The third-order valence-electron chi connectivity index (χ3n) is 5.45. The highest BCUT2D eigenvalue weighted by Gasteiger charge is 2.41. The zero-order valence-electron chi connectivity index (χ0n) is 13.6. The molecular formula is C17H31NO2. The van der Waals surface area contributed by atoms with E-state index in [1.165, 1.54) is 25.7 Å². The van der Waals surface area contributed by atoms with Crippen LogP contribution in [0.2, 0.25) is 0 Å². The van der Waals surface area contributed by atoms with Crippen LogP contribution < -0.4 is 5.32 Å². The number of hydrogen-bond acceptors (Lipinski definition) is 3. The van der Waals surface area contributed by atoms with Gasteiger partial charge in [0.15, 0.2) is 0 Å². The van der Waals surface area contributed by atoms with Crippen molar-refractivity contribution in [3.63, 3.8) is 0 Å². The first-order valence-corrected chi connectivity index (χ1v) is 8.30. The smallest absolute Gasteiger partial charge is 0.310 e. The molecule has 3 heteroatoms. The number of esters is 1. The van der Waals surface area contributed by atoms with E-state index >= 15 is 0 Å². The van der Waals surface area contributed by atoms with Gasteiger partial charge in [-0.3, -0.25) is 4.79 Å². The molecule has 0 aromatic rings. The second-order valence-corrected chi connectivity index (χ2v) is 7.66. The van der Waals surface area contributed by atoms with Crippen LogP contribution in [0.1, 0.15) is 53.4 Å². The molecule has 20 heavy (non-hydrogen) atoms. The Hall–Kier alpha value is -0.570. The minimum Gasteiger partial charge on any atom is -0.466 e. The number of carbonyl (C=O) groups excluding carboxylic acids is 1. The summed E-state index contributed by atoms with van der Waals surface area (Å²) in [5.41, 5.74) is 0.430. The standard InChI is InChI=1S/C17H31NO2/c1-5-20-16(19)15-11-18-10-14(15)12-6-8-13(9-7-12)17(2,3)4/h12-15,18H,5-11H2,1-4H3. The van der Waals surface area contributed by atoms with Crippen LogP contribution in [0.5, 0.6) is 0 Å². The van der Waals surface area contributed by atoms with Gasteiger partial charge in [-0.2, -0.15) is 0 Å². The van der Waals surface area contributed by atoms with Crippen molar-refractivity contribution in [3.05, 3.63) is 0 Å². The van der Waals surface area contributed by atoms with Crippen LogP contribution in [-0.2, 0) is 9.53 Å². The van der Waals surface area contributed by atoms with Crippen LogP contribution in [0.4, 0.5) is 0 Å². The largest absolute Gasteiger partial charge is 0.466 e. The molecule has 0 amide bonds. The van der Waals surface area contributed by atoms with E-state index < -0.39 is 0 Å². The molecule has 2 atom stereocenters. The molecule has 0 aromatic carbocycles. The van der Waals surface area contributed by atoms with Crippen molar-refractivity contribution < 1.29 is 9.53 Å². The maximum absolute atomic E-state index is 12.1. The maximum Gasteiger partial charge on any atom is 0.310 e. The van der Waals surface area contributed by atoms with Crippen molar-refractivity contribution in [3.8, 4) is 0 Å². The monoisotopic (exact) mass is 281 g/mol. The SMILES string of the molecule is CCOC(=O)C1CNCC1C1CCC(C(C)(C)C)CC1. The Morgan fingerprint density at radius 2 is 1.80 bits per heavy atom. The maximum atomic E-state index is 12.1. The Bertz CT molecular complexity index is 326. The first-order chi connectivity index (χ1) is 9.43. The van der Waals surface area contributed by atoms with Crippen LogP contribution >= 0.6 is 0 Å². The van der Waals surface area contributed by atoms with E-state index in [0.717, 1.165) is 19.0 Å². The Morgan fingerprint density at radius 3 is 2.35 bits per heavy atom. The summed E-state index contributed by atoms with van der Waals surface area (Å²) in [6.07, 6.45) is 5.20. The zero-order valence-corrected chi connectivity index (χ0v) is 13.6. The molecule has 0 radical (unpaired) electrons. The van der Waals surface area contributed by atoms with E-state index in [2.05, 4.69) is 26.1 Å². The Labute approximate surface area is 123 Å². The molecule has 1 aliphatic carbocycles. The van der Waals surface area contributed by atoms with Crippen molar-refractivity contribution in [1.82, 2.24) is 5.32 Å². The second-order valence-electron chi connectivity index (χ2n) is 7.66. The summed E-state index contributed by atoms with van der Waals surface area (Å²) < 4.78 is 5.24. The van der Waals surface area contributed by atoms with Gasteiger partial charge < -0.3 is 10.1 Å². The molecule has 1 aliphatic heterocycles. The number of rotatable bonds is 3. The van der Waals surface area contributed by atoms with E-state index in [1.807, 2.05) is 6.92 Å². The zero-order chi connectivity index (χ0) is 14.8. The second kappa shape index (κ2) is 6.46. The average molecular weight is 281 g/mol. The lowest BCUT2D eigenvalue weighted by Crippen LogP contribution is -2.34. The van der Waals surface area contributed by atoms with Gasteiger partial charge in [0.05, 0.1) is 12.5 Å². The van der Waals surface area contributed by atoms with Crippen molar-refractivity contribution in [2.24, 2.45) is 29.1 Å². The van der Waals surface area contributed by atoms with E-state index in [4.69, 9.17) is 4.74 Å². The Balaban J connectivity index is 1.91. The van der Waals surface area contributed by atoms with Gasteiger partial charge >= 0.3 is 5.97 Å². The van der Waals surface area contributed by atoms with Crippen LogP contribution in [-0.4, -0.2) is 25.7 Å². The predicted molar refractivity (Wildman–Crippen MR) is 81.4 cm³/mol. The average Bonchev–Trinajstić information content (AvgIpc) is 2.87. The van der Waals surface area contributed by atoms with Crippen molar-refractivity contribution in [1.29, 1.82) is 0 Å². The fraction of sp³-hybridized carbons (Fsp3) is 0.941.